The highest BCUT2D eigenvalue weighted by atomic mass is 32.2. The largest absolute Gasteiger partial charge is 0.370 e. The molecule has 122 valence electrons. The summed E-state index contributed by atoms with van der Waals surface area (Å²) in [4.78, 5) is 18.5. The Hall–Kier alpha value is -2.90. The van der Waals surface area contributed by atoms with Crippen LogP contribution in [0.2, 0.25) is 0 Å². The van der Waals surface area contributed by atoms with Gasteiger partial charge in [0.1, 0.15) is 0 Å². The van der Waals surface area contributed by atoms with Gasteiger partial charge in [-0.2, -0.15) is 5.90 Å². The van der Waals surface area contributed by atoms with Crippen molar-refractivity contribution in [3.05, 3.63) is 66.4 Å². The fourth-order valence-corrected chi connectivity index (χ4v) is 3.81. The molecule has 3 N–H and O–H groups in total. The van der Waals surface area contributed by atoms with E-state index in [-0.39, 0.29) is 9.79 Å². The highest BCUT2D eigenvalue weighted by Crippen LogP contribution is 2.29. The van der Waals surface area contributed by atoms with Crippen molar-refractivity contribution in [2.75, 3.05) is 0 Å². The first-order chi connectivity index (χ1) is 11.5. The van der Waals surface area contributed by atoms with Crippen LogP contribution in [0.1, 0.15) is 5.56 Å². The molecule has 0 spiro atoms. The number of sulfone groups is 1. The van der Waals surface area contributed by atoms with Crippen molar-refractivity contribution < 1.29 is 18.0 Å². The van der Waals surface area contributed by atoms with E-state index in [1.807, 2.05) is 0 Å². The van der Waals surface area contributed by atoms with E-state index in [2.05, 4.69) is 9.82 Å². The number of hydrogen-bond donors (Lipinski definition) is 2. The lowest BCUT2D eigenvalue weighted by atomic mass is 10.1. The molecule has 3 aromatic rings. The number of fused-ring (bicyclic) bond motifs is 1. The SMILES string of the molecule is NOC(=O)/C=C/c1ccc2[nH]cc(S(=O)(=O)c3ccccc3)c2c1. The third kappa shape index (κ3) is 2.94. The fraction of sp³-hybridized carbons (Fsp3) is 0. The van der Waals surface area contributed by atoms with Crippen molar-refractivity contribution in [2.24, 2.45) is 5.90 Å². The molecule has 0 bridgehead atoms. The summed E-state index contributed by atoms with van der Waals surface area (Å²) in [5, 5.41) is 0.544. The van der Waals surface area contributed by atoms with E-state index in [1.165, 1.54) is 18.3 Å². The molecule has 1 heterocycles. The summed E-state index contributed by atoms with van der Waals surface area (Å²) < 4.78 is 25.6. The predicted octanol–water partition coefficient (Wildman–Crippen LogP) is 2.43. The number of carbonyl (C=O) groups excluding carboxylic acids is 1. The number of carbonyl (C=O) groups is 1. The van der Waals surface area contributed by atoms with Gasteiger partial charge in [0.05, 0.1) is 9.79 Å². The van der Waals surface area contributed by atoms with E-state index in [9.17, 15) is 13.2 Å². The molecule has 0 aliphatic heterocycles. The van der Waals surface area contributed by atoms with Crippen molar-refractivity contribution in [3.63, 3.8) is 0 Å². The average Bonchev–Trinajstić information content (AvgIpc) is 3.04. The van der Waals surface area contributed by atoms with Crippen LogP contribution < -0.4 is 5.90 Å². The normalized spacial score (nSPS) is 11.9. The summed E-state index contributed by atoms with van der Waals surface area (Å²) >= 11 is 0. The van der Waals surface area contributed by atoms with Crippen LogP contribution in [-0.4, -0.2) is 19.4 Å². The minimum Gasteiger partial charge on any atom is -0.370 e. The zero-order valence-electron chi connectivity index (χ0n) is 12.5. The minimum absolute atomic E-state index is 0.181. The molecule has 24 heavy (non-hydrogen) atoms. The molecule has 0 saturated carbocycles. The molecule has 7 heteroatoms. The van der Waals surface area contributed by atoms with Crippen molar-refractivity contribution in [1.82, 2.24) is 4.98 Å². The Kier molecular flexibility index (Phi) is 4.20. The number of hydrogen-bond acceptors (Lipinski definition) is 5. The van der Waals surface area contributed by atoms with E-state index >= 15 is 0 Å². The van der Waals surface area contributed by atoms with Crippen LogP contribution in [0, 0.1) is 0 Å². The molecule has 6 nitrogen and oxygen atoms in total. The average molecular weight is 342 g/mol. The second-order valence-electron chi connectivity index (χ2n) is 5.04. The zero-order chi connectivity index (χ0) is 17.2. The van der Waals surface area contributed by atoms with Gasteiger partial charge in [0.25, 0.3) is 0 Å². The van der Waals surface area contributed by atoms with Crippen molar-refractivity contribution in [3.8, 4) is 0 Å². The van der Waals surface area contributed by atoms with Crippen LogP contribution in [0.3, 0.4) is 0 Å². The molecule has 0 saturated heterocycles. The molecule has 0 unspecified atom stereocenters. The Balaban J connectivity index is 2.10. The summed E-state index contributed by atoms with van der Waals surface area (Å²) in [7, 11) is -3.64. The van der Waals surface area contributed by atoms with Gasteiger partial charge >= 0.3 is 5.97 Å². The highest BCUT2D eigenvalue weighted by Gasteiger charge is 2.21. The van der Waals surface area contributed by atoms with Crippen molar-refractivity contribution in [2.45, 2.75) is 9.79 Å². The van der Waals surface area contributed by atoms with Crippen LogP contribution in [0.4, 0.5) is 0 Å². The van der Waals surface area contributed by atoms with Crippen LogP contribution in [0.5, 0.6) is 0 Å². The van der Waals surface area contributed by atoms with E-state index in [4.69, 9.17) is 5.90 Å². The van der Waals surface area contributed by atoms with Crippen LogP contribution in [-0.2, 0) is 19.5 Å². The topological polar surface area (TPSA) is 102 Å². The second-order valence-corrected chi connectivity index (χ2v) is 6.96. The summed E-state index contributed by atoms with van der Waals surface area (Å²) in [5.74, 6) is 4.08. The van der Waals surface area contributed by atoms with Gasteiger partial charge in [0, 0.05) is 23.2 Å². The fourth-order valence-electron chi connectivity index (χ4n) is 2.37. The van der Waals surface area contributed by atoms with Crippen LogP contribution >= 0.6 is 0 Å². The molecule has 0 amide bonds. The predicted molar refractivity (Wildman–Crippen MR) is 89.5 cm³/mol. The second kappa shape index (κ2) is 6.31. The van der Waals surface area contributed by atoms with Gasteiger partial charge in [0.2, 0.25) is 9.84 Å². The molecular weight excluding hydrogens is 328 g/mol. The first kappa shape index (κ1) is 16.0. The quantitative estimate of drug-likeness (QED) is 0.560. The van der Waals surface area contributed by atoms with Gasteiger partial charge in [-0.25, -0.2) is 13.2 Å². The summed E-state index contributed by atoms with van der Waals surface area (Å²) in [5.41, 5.74) is 1.33. The summed E-state index contributed by atoms with van der Waals surface area (Å²) in [6.45, 7) is 0. The maximum Gasteiger partial charge on any atom is 0.349 e. The standard InChI is InChI=1S/C17H14N2O4S/c18-23-17(20)9-7-12-6-8-15-14(10-12)16(11-19-15)24(21,22)13-4-2-1-3-5-13/h1-11,19H,18H2/b9-7+. The smallest absolute Gasteiger partial charge is 0.349 e. The summed E-state index contributed by atoms with van der Waals surface area (Å²) in [6, 6.07) is 13.4. The third-order valence-corrected chi connectivity index (χ3v) is 5.35. The minimum atomic E-state index is -3.64. The van der Waals surface area contributed by atoms with Gasteiger partial charge in [-0.3, -0.25) is 0 Å². The van der Waals surface area contributed by atoms with E-state index in [0.29, 0.717) is 16.5 Å². The number of aromatic nitrogens is 1. The van der Waals surface area contributed by atoms with E-state index in [1.54, 1.807) is 48.5 Å². The van der Waals surface area contributed by atoms with Crippen LogP contribution in [0.25, 0.3) is 17.0 Å². The maximum absolute atomic E-state index is 12.8. The molecular formula is C17H14N2O4S. The molecule has 0 aliphatic rings. The van der Waals surface area contributed by atoms with Crippen LogP contribution in [0.15, 0.2) is 70.6 Å². The molecule has 0 atom stereocenters. The van der Waals surface area contributed by atoms with Gasteiger partial charge in [-0.15, -0.1) is 0 Å². The number of rotatable bonds is 4. The Morgan fingerprint density at radius 2 is 1.88 bits per heavy atom. The first-order valence-electron chi connectivity index (χ1n) is 7.02. The lowest BCUT2D eigenvalue weighted by Crippen LogP contribution is -2.05. The highest BCUT2D eigenvalue weighted by molar-refractivity contribution is 7.91. The van der Waals surface area contributed by atoms with Gasteiger partial charge in [-0.05, 0) is 35.9 Å². The molecule has 2 aromatic carbocycles. The van der Waals surface area contributed by atoms with Gasteiger partial charge in [-0.1, -0.05) is 24.3 Å². The number of H-pyrrole nitrogens is 1. The summed E-state index contributed by atoms with van der Waals surface area (Å²) in [6.07, 6.45) is 4.13. The first-order valence-corrected chi connectivity index (χ1v) is 8.51. The Morgan fingerprint density at radius 1 is 1.12 bits per heavy atom. The number of aromatic amines is 1. The van der Waals surface area contributed by atoms with E-state index in [0.717, 1.165) is 0 Å². The lowest BCUT2D eigenvalue weighted by Gasteiger charge is -2.03. The number of benzene rings is 2. The maximum atomic E-state index is 12.8. The Bertz CT molecular complexity index is 1020. The van der Waals surface area contributed by atoms with E-state index < -0.39 is 15.8 Å². The molecule has 3 rings (SSSR count). The Labute approximate surface area is 138 Å². The van der Waals surface area contributed by atoms with Crippen molar-refractivity contribution in [1.29, 1.82) is 0 Å². The monoisotopic (exact) mass is 342 g/mol. The zero-order valence-corrected chi connectivity index (χ0v) is 13.3. The molecule has 0 fully saturated rings. The van der Waals surface area contributed by atoms with Crippen molar-refractivity contribution >= 4 is 32.8 Å². The molecule has 0 aliphatic carbocycles. The Morgan fingerprint density at radius 3 is 2.58 bits per heavy atom. The molecule has 0 radical (unpaired) electrons. The number of nitrogens with two attached hydrogens (primary N) is 1. The van der Waals surface area contributed by atoms with Gasteiger partial charge in [0.15, 0.2) is 0 Å². The number of nitrogens with one attached hydrogen (secondary N) is 1. The lowest BCUT2D eigenvalue weighted by molar-refractivity contribution is -0.138. The van der Waals surface area contributed by atoms with Gasteiger partial charge < -0.3 is 9.82 Å². The third-order valence-electron chi connectivity index (χ3n) is 3.54. The molecule has 1 aromatic heterocycles.